The number of carbonyl (C=O) groups excluding carboxylic acids is 2. The van der Waals surface area contributed by atoms with Gasteiger partial charge in [-0.2, -0.15) is 0 Å². The van der Waals surface area contributed by atoms with Crippen LogP contribution in [0.15, 0.2) is 60.7 Å². The molecule has 0 bridgehead atoms. The van der Waals surface area contributed by atoms with Crippen molar-refractivity contribution in [3.05, 3.63) is 87.8 Å². The quantitative estimate of drug-likeness (QED) is 0.228. The number of hydrogen-bond donors (Lipinski definition) is 5. The number of benzene rings is 3. The molecule has 2 aliphatic rings. The highest BCUT2D eigenvalue weighted by Gasteiger charge is 2.49. The molecule has 40 heavy (non-hydrogen) atoms. The summed E-state index contributed by atoms with van der Waals surface area (Å²) in [6.07, 6.45) is 2.59. The lowest BCUT2D eigenvalue weighted by molar-refractivity contribution is -0.124. The number of ketones is 1. The summed E-state index contributed by atoms with van der Waals surface area (Å²) in [5, 5.41) is 14.0. The van der Waals surface area contributed by atoms with Crippen molar-refractivity contribution in [2.45, 2.75) is 56.3 Å². The van der Waals surface area contributed by atoms with Crippen LogP contribution in [0.3, 0.4) is 0 Å². The van der Waals surface area contributed by atoms with E-state index in [0.29, 0.717) is 61.7 Å². The highest BCUT2D eigenvalue weighted by molar-refractivity contribution is 7.21. The molecule has 3 aromatic carbocycles. The first-order valence-corrected chi connectivity index (χ1v) is 14.3. The number of nitrogens with one attached hydrogen (secondary N) is 1. The molecule has 4 aromatic rings. The number of anilines is 1. The van der Waals surface area contributed by atoms with Crippen molar-refractivity contribution in [2.75, 3.05) is 5.73 Å². The Balaban J connectivity index is 1.44. The fraction of sp³-hybridized carbons (Fsp3) is 0.290. The molecule has 4 atom stereocenters. The number of aryl methyl sites for hydroxylation is 1. The molecule has 2 aliphatic carbocycles. The molecule has 0 aliphatic heterocycles. The van der Waals surface area contributed by atoms with Gasteiger partial charge in [-0.15, -0.1) is 11.3 Å². The first-order chi connectivity index (χ1) is 19.2. The fourth-order valence-electron chi connectivity index (χ4n) is 6.11. The molecule has 0 radical (unpaired) electrons. The van der Waals surface area contributed by atoms with Crippen molar-refractivity contribution in [3.8, 4) is 11.5 Å². The van der Waals surface area contributed by atoms with Gasteiger partial charge in [-0.3, -0.25) is 9.59 Å². The van der Waals surface area contributed by atoms with Gasteiger partial charge < -0.3 is 32.4 Å². The maximum atomic E-state index is 14.1. The van der Waals surface area contributed by atoms with E-state index < -0.39 is 23.5 Å². The average molecular weight is 557 g/mol. The van der Waals surface area contributed by atoms with Gasteiger partial charge in [0.25, 0.3) is 5.91 Å². The first-order valence-electron chi connectivity index (χ1n) is 13.5. The standard InChI is InChI=1S/C31H32N4O4S/c1-16-15-18(39-17-7-3-2-4-8-17)11-12-19(16)31(34)20-13-14-21(32)27-24(20)25(26(33)29(31)37)28(40-27)30(38)35-22-9-5-6-10-23(22)36/h2-4,7-8,11-15,22-23,26,36H,5-6,9-10,32-34H2,1H3,(H,35,38). The maximum Gasteiger partial charge on any atom is 0.262 e. The van der Waals surface area contributed by atoms with E-state index in [1.807, 2.05) is 43.3 Å². The smallest absolute Gasteiger partial charge is 0.262 e. The van der Waals surface area contributed by atoms with E-state index in [1.165, 1.54) is 11.3 Å². The highest BCUT2D eigenvalue weighted by atomic mass is 32.1. The van der Waals surface area contributed by atoms with E-state index in [-0.39, 0.29) is 11.9 Å². The Labute approximate surface area is 236 Å². The third kappa shape index (κ3) is 4.17. The van der Waals surface area contributed by atoms with Crippen molar-refractivity contribution < 1.29 is 19.4 Å². The monoisotopic (exact) mass is 556 g/mol. The molecule has 1 saturated carbocycles. The van der Waals surface area contributed by atoms with Crippen LogP contribution in [0, 0.1) is 6.92 Å². The molecular formula is C31H32N4O4S. The number of amides is 1. The van der Waals surface area contributed by atoms with Crippen LogP contribution in [0.4, 0.5) is 5.69 Å². The van der Waals surface area contributed by atoms with Gasteiger partial charge in [0.2, 0.25) is 0 Å². The topological polar surface area (TPSA) is 154 Å². The summed E-state index contributed by atoms with van der Waals surface area (Å²) in [5.74, 6) is 0.545. The number of carbonyl (C=O) groups is 2. The van der Waals surface area contributed by atoms with E-state index in [0.717, 1.165) is 18.4 Å². The van der Waals surface area contributed by atoms with Crippen molar-refractivity contribution in [3.63, 3.8) is 0 Å². The number of aliphatic hydroxyl groups excluding tert-OH is 1. The van der Waals surface area contributed by atoms with Crippen molar-refractivity contribution in [1.82, 2.24) is 5.32 Å². The van der Waals surface area contributed by atoms with E-state index in [4.69, 9.17) is 21.9 Å². The van der Waals surface area contributed by atoms with Crippen molar-refractivity contribution in [2.24, 2.45) is 11.5 Å². The Morgan fingerprint density at radius 3 is 2.50 bits per heavy atom. The van der Waals surface area contributed by atoms with E-state index >= 15 is 0 Å². The molecule has 1 amide bonds. The second-order valence-corrected chi connectivity index (χ2v) is 11.7. The SMILES string of the molecule is Cc1cc(Oc2ccccc2)ccc1C1(N)C(=O)C(N)c2c(C(=O)NC3CCCCC3O)sc3c(N)ccc1c23. The summed E-state index contributed by atoms with van der Waals surface area (Å²) >= 11 is 1.21. The number of nitrogens with two attached hydrogens (primary N) is 3. The van der Waals surface area contributed by atoms with E-state index in [9.17, 15) is 14.7 Å². The van der Waals surface area contributed by atoms with Crippen LogP contribution in [0.25, 0.3) is 10.1 Å². The van der Waals surface area contributed by atoms with Gasteiger partial charge in [-0.25, -0.2) is 0 Å². The Hall–Kier alpha value is -3.76. The molecule has 1 aromatic heterocycles. The molecule has 0 saturated heterocycles. The zero-order valence-corrected chi connectivity index (χ0v) is 23.0. The minimum Gasteiger partial charge on any atom is -0.457 e. The number of rotatable bonds is 5. The van der Waals surface area contributed by atoms with Gasteiger partial charge in [0.15, 0.2) is 5.78 Å². The first kappa shape index (κ1) is 26.5. The third-order valence-electron chi connectivity index (χ3n) is 8.17. The van der Waals surface area contributed by atoms with Crippen LogP contribution in [-0.2, 0) is 10.3 Å². The van der Waals surface area contributed by atoms with Crippen LogP contribution in [0.1, 0.15) is 63.7 Å². The summed E-state index contributed by atoms with van der Waals surface area (Å²) in [4.78, 5) is 27.9. The maximum absolute atomic E-state index is 14.1. The number of Topliss-reactive ketones (excluding diaryl/α,β-unsaturated/α-hetero) is 1. The van der Waals surface area contributed by atoms with E-state index in [1.54, 1.807) is 24.3 Å². The number of ether oxygens (including phenoxy) is 1. The summed E-state index contributed by atoms with van der Waals surface area (Å²) in [5.41, 5.74) is 21.4. The van der Waals surface area contributed by atoms with Gasteiger partial charge in [0.1, 0.15) is 17.0 Å². The minimum atomic E-state index is -1.55. The molecule has 4 unspecified atom stereocenters. The molecule has 6 rings (SSSR count). The lowest BCUT2D eigenvalue weighted by atomic mass is 9.69. The third-order valence-corrected chi connectivity index (χ3v) is 9.42. The Morgan fingerprint density at radius 1 is 1.05 bits per heavy atom. The average Bonchev–Trinajstić information content (AvgIpc) is 3.35. The molecule has 0 spiro atoms. The molecule has 1 fully saturated rings. The second kappa shape index (κ2) is 10.0. The van der Waals surface area contributed by atoms with Crippen molar-refractivity contribution >= 4 is 38.8 Å². The predicted octanol–water partition coefficient (Wildman–Crippen LogP) is 4.40. The van der Waals surface area contributed by atoms with Crippen LogP contribution >= 0.6 is 11.3 Å². The van der Waals surface area contributed by atoms with Crippen LogP contribution in [-0.4, -0.2) is 28.9 Å². The summed E-state index contributed by atoms with van der Waals surface area (Å²) in [7, 11) is 0. The zero-order valence-electron chi connectivity index (χ0n) is 22.1. The number of aliphatic hydroxyl groups is 1. The lowest BCUT2D eigenvalue weighted by Crippen LogP contribution is -2.53. The minimum absolute atomic E-state index is 0.332. The summed E-state index contributed by atoms with van der Waals surface area (Å²) in [6, 6.07) is 16.9. The molecule has 1 heterocycles. The Kier molecular flexibility index (Phi) is 6.62. The molecule has 8 nitrogen and oxygen atoms in total. The largest absolute Gasteiger partial charge is 0.457 e. The fourth-order valence-corrected chi connectivity index (χ4v) is 7.31. The van der Waals surface area contributed by atoms with Crippen LogP contribution in [0.5, 0.6) is 11.5 Å². The second-order valence-electron chi connectivity index (χ2n) is 10.7. The summed E-state index contributed by atoms with van der Waals surface area (Å²) < 4.78 is 6.65. The summed E-state index contributed by atoms with van der Waals surface area (Å²) in [6.45, 7) is 1.88. The number of thiophene rings is 1. The zero-order chi connectivity index (χ0) is 28.2. The normalized spacial score (nSPS) is 24.2. The molecule has 8 N–H and O–H groups in total. The van der Waals surface area contributed by atoms with Crippen LogP contribution < -0.4 is 27.3 Å². The molecule has 9 heteroatoms. The number of para-hydroxylation sites is 1. The Bertz CT molecular complexity index is 1640. The highest BCUT2D eigenvalue weighted by Crippen LogP contribution is 2.50. The number of nitrogen functional groups attached to an aromatic ring is 1. The lowest BCUT2D eigenvalue weighted by Gasteiger charge is -2.37. The molecule has 206 valence electrons. The Morgan fingerprint density at radius 2 is 1.77 bits per heavy atom. The predicted molar refractivity (Wildman–Crippen MR) is 157 cm³/mol. The van der Waals surface area contributed by atoms with Gasteiger partial charge in [-0.1, -0.05) is 43.2 Å². The van der Waals surface area contributed by atoms with Gasteiger partial charge in [-0.05, 0) is 66.8 Å². The van der Waals surface area contributed by atoms with Gasteiger partial charge in [0.05, 0.1) is 27.8 Å². The van der Waals surface area contributed by atoms with Gasteiger partial charge in [0, 0.05) is 16.6 Å². The van der Waals surface area contributed by atoms with Gasteiger partial charge >= 0.3 is 0 Å². The number of hydrogen-bond acceptors (Lipinski definition) is 8. The van der Waals surface area contributed by atoms with Crippen molar-refractivity contribution in [1.29, 1.82) is 0 Å². The van der Waals surface area contributed by atoms with E-state index in [2.05, 4.69) is 5.32 Å². The van der Waals surface area contributed by atoms with Crippen LogP contribution in [0.2, 0.25) is 0 Å². The molecular weight excluding hydrogens is 524 g/mol.